The second-order valence-corrected chi connectivity index (χ2v) is 9.99. The summed E-state index contributed by atoms with van der Waals surface area (Å²) in [6.45, 7) is 0.932. The van der Waals surface area contributed by atoms with Crippen LogP contribution in [0.5, 0.6) is 0 Å². The number of aromatic nitrogens is 2. The predicted octanol–water partition coefficient (Wildman–Crippen LogP) is 4.28. The quantitative estimate of drug-likeness (QED) is 0.503. The monoisotopic (exact) mass is 492 g/mol. The van der Waals surface area contributed by atoms with Gasteiger partial charge in [0.05, 0.1) is 5.02 Å². The van der Waals surface area contributed by atoms with Crippen molar-refractivity contribution < 1.29 is 22.1 Å². The van der Waals surface area contributed by atoms with Gasteiger partial charge in [0.2, 0.25) is 27.6 Å². The van der Waals surface area contributed by atoms with E-state index in [4.69, 9.17) is 16.1 Å². The van der Waals surface area contributed by atoms with Crippen molar-refractivity contribution in [3.63, 3.8) is 0 Å². The number of benzene rings is 2. The second-order valence-electron chi connectivity index (χ2n) is 7.68. The summed E-state index contributed by atoms with van der Waals surface area (Å²) < 4.78 is 45.3. The first kappa shape index (κ1) is 23.3. The van der Waals surface area contributed by atoms with Crippen molar-refractivity contribution in [2.45, 2.75) is 37.0 Å². The van der Waals surface area contributed by atoms with Crippen LogP contribution in [0.25, 0.3) is 11.4 Å². The highest BCUT2D eigenvalue weighted by atomic mass is 35.5. The molecule has 1 amide bonds. The fraction of sp³-hybridized carbons (Fsp3) is 0.318. The number of nitrogens with zero attached hydrogens (tertiary/aromatic N) is 3. The molecule has 3 aromatic rings. The lowest BCUT2D eigenvalue weighted by Crippen LogP contribution is -2.28. The Labute approximate surface area is 195 Å². The van der Waals surface area contributed by atoms with Crippen molar-refractivity contribution in [1.29, 1.82) is 0 Å². The molecule has 0 atom stereocenters. The van der Waals surface area contributed by atoms with Gasteiger partial charge in [0, 0.05) is 37.2 Å². The molecule has 174 valence electrons. The Morgan fingerprint density at radius 2 is 1.88 bits per heavy atom. The average Bonchev–Trinajstić information content (AvgIpc) is 3.48. The van der Waals surface area contributed by atoms with Gasteiger partial charge in [-0.05, 0) is 61.7 Å². The molecule has 1 fully saturated rings. The van der Waals surface area contributed by atoms with Crippen LogP contribution < -0.4 is 5.32 Å². The largest absolute Gasteiger partial charge is 0.339 e. The molecule has 8 nitrogen and oxygen atoms in total. The number of carbonyl (C=O) groups is 1. The minimum atomic E-state index is -3.70. The summed E-state index contributed by atoms with van der Waals surface area (Å²) in [5.74, 6) is 0.0880. The van der Waals surface area contributed by atoms with E-state index in [2.05, 4.69) is 15.5 Å². The number of carbonyl (C=O) groups excluding carboxylic acids is 1. The van der Waals surface area contributed by atoms with Crippen molar-refractivity contribution >= 4 is 33.2 Å². The van der Waals surface area contributed by atoms with E-state index in [1.807, 2.05) is 0 Å². The molecular weight excluding hydrogens is 471 g/mol. The molecule has 0 aliphatic carbocycles. The molecule has 2 aromatic carbocycles. The van der Waals surface area contributed by atoms with Crippen molar-refractivity contribution in [3.8, 4) is 11.4 Å². The molecule has 1 aliphatic rings. The highest BCUT2D eigenvalue weighted by molar-refractivity contribution is 7.89. The number of amides is 1. The summed E-state index contributed by atoms with van der Waals surface area (Å²) in [5.41, 5.74) is 0.991. The fourth-order valence-electron chi connectivity index (χ4n) is 3.54. The lowest BCUT2D eigenvalue weighted by atomic mass is 10.2. The van der Waals surface area contributed by atoms with E-state index >= 15 is 0 Å². The molecule has 0 spiro atoms. The summed E-state index contributed by atoms with van der Waals surface area (Å²) in [6.07, 6.45) is 2.64. The molecule has 11 heteroatoms. The SMILES string of the molecule is O=C(CCCc1nc(-c2ccc(F)cc2)no1)Nc1ccc(Cl)c(S(=O)(=O)N2CCCC2)c1. The van der Waals surface area contributed by atoms with E-state index in [0.717, 1.165) is 12.8 Å². The second kappa shape index (κ2) is 9.98. The van der Waals surface area contributed by atoms with Crippen LogP contribution in [-0.4, -0.2) is 41.9 Å². The zero-order valence-corrected chi connectivity index (χ0v) is 19.2. The van der Waals surface area contributed by atoms with Gasteiger partial charge in [0.25, 0.3) is 0 Å². The standard InChI is InChI=1S/C22H22ClFN4O4S/c23-18-11-10-17(14-19(18)33(30,31)28-12-1-2-13-28)25-20(29)4-3-5-21-26-22(27-32-21)15-6-8-16(24)9-7-15/h6-11,14H,1-5,12-13H2,(H,25,29). The van der Waals surface area contributed by atoms with Crippen LogP contribution in [0.15, 0.2) is 51.9 Å². The summed E-state index contributed by atoms with van der Waals surface area (Å²) in [4.78, 5) is 16.6. The van der Waals surface area contributed by atoms with Gasteiger partial charge >= 0.3 is 0 Å². The number of aryl methyl sites for hydroxylation is 1. The lowest BCUT2D eigenvalue weighted by Gasteiger charge is -2.17. The third-order valence-corrected chi connectivity index (χ3v) is 7.64. The Morgan fingerprint density at radius 1 is 1.15 bits per heavy atom. The molecular formula is C22H22ClFN4O4S. The molecule has 1 aliphatic heterocycles. The maximum absolute atomic E-state index is 13.0. The van der Waals surface area contributed by atoms with Crippen molar-refractivity contribution in [1.82, 2.24) is 14.4 Å². The summed E-state index contributed by atoms with van der Waals surface area (Å²) >= 11 is 6.14. The van der Waals surface area contributed by atoms with Crippen LogP contribution in [0.4, 0.5) is 10.1 Å². The number of halogens is 2. The molecule has 33 heavy (non-hydrogen) atoms. The van der Waals surface area contributed by atoms with E-state index in [0.29, 0.717) is 48.9 Å². The normalized spacial score (nSPS) is 14.5. The molecule has 2 heterocycles. The third-order valence-electron chi connectivity index (χ3n) is 5.26. The molecule has 4 rings (SSSR count). The van der Waals surface area contributed by atoms with Gasteiger partial charge in [-0.15, -0.1) is 0 Å². The topological polar surface area (TPSA) is 105 Å². The van der Waals surface area contributed by atoms with Crippen LogP contribution >= 0.6 is 11.6 Å². The minimum Gasteiger partial charge on any atom is -0.339 e. The van der Waals surface area contributed by atoms with Gasteiger partial charge < -0.3 is 9.84 Å². The average molecular weight is 493 g/mol. The summed E-state index contributed by atoms with van der Waals surface area (Å²) in [7, 11) is -3.70. The number of rotatable bonds is 8. The van der Waals surface area contributed by atoms with Crippen LogP contribution in [0.3, 0.4) is 0 Å². The van der Waals surface area contributed by atoms with Crippen LogP contribution in [0.1, 0.15) is 31.6 Å². The predicted molar refractivity (Wildman–Crippen MR) is 121 cm³/mol. The van der Waals surface area contributed by atoms with Crippen molar-refractivity contribution in [3.05, 3.63) is 59.2 Å². The van der Waals surface area contributed by atoms with E-state index in [1.165, 1.54) is 28.6 Å². The zero-order chi connectivity index (χ0) is 23.4. The van der Waals surface area contributed by atoms with Gasteiger partial charge in [0.15, 0.2) is 0 Å². The maximum atomic E-state index is 13.0. The zero-order valence-electron chi connectivity index (χ0n) is 17.6. The van der Waals surface area contributed by atoms with Crippen LogP contribution in [0.2, 0.25) is 5.02 Å². The maximum Gasteiger partial charge on any atom is 0.244 e. The van der Waals surface area contributed by atoms with E-state index in [9.17, 15) is 17.6 Å². The Hall–Kier alpha value is -2.82. The van der Waals surface area contributed by atoms with Gasteiger partial charge in [-0.2, -0.15) is 9.29 Å². The van der Waals surface area contributed by atoms with Gasteiger partial charge in [-0.3, -0.25) is 4.79 Å². The molecule has 1 aromatic heterocycles. The first-order valence-corrected chi connectivity index (χ1v) is 12.3. The van der Waals surface area contributed by atoms with Crippen molar-refractivity contribution in [2.75, 3.05) is 18.4 Å². The lowest BCUT2D eigenvalue weighted by molar-refractivity contribution is -0.116. The minimum absolute atomic E-state index is 0.0111. The molecule has 0 saturated carbocycles. The Kier molecular flexibility index (Phi) is 7.06. The number of hydrogen-bond acceptors (Lipinski definition) is 6. The Bertz CT molecular complexity index is 1240. The fourth-order valence-corrected chi connectivity index (χ4v) is 5.56. The summed E-state index contributed by atoms with van der Waals surface area (Å²) in [6, 6.07) is 10.2. The number of hydrogen-bond donors (Lipinski definition) is 1. The molecule has 1 saturated heterocycles. The van der Waals surface area contributed by atoms with E-state index in [-0.39, 0.29) is 28.1 Å². The van der Waals surface area contributed by atoms with Gasteiger partial charge in [0.1, 0.15) is 10.7 Å². The van der Waals surface area contributed by atoms with Crippen molar-refractivity contribution in [2.24, 2.45) is 0 Å². The third kappa shape index (κ3) is 5.58. The number of anilines is 1. The van der Waals surface area contributed by atoms with Gasteiger partial charge in [-0.25, -0.2) is 12.8 Å². The molecule has 0 radical (unpaired) electrons. The first-order chi connectivity index (χ1) is 15.8. The smallest absolute Gasteiger partial charge is 0.244 e. The highest BCUT2D eigenvalue weighted by Crippen LogP contribution is 2.29. The Balaban J connectivity index is 1.33. The Morgan fingerprint density at radius 3 is 2.61 bits per heavy atom. The number of nitrogens with one attached hydrogen (secondary N) is 1. The molecule has 1 N–H and O–H groups in total. The van der Waals surface area contributed by atoms with Gasteiger partial charge in [-0.1, -0.05) is 16.8 Å². The molecule has 0 unspecified atom stereocenters. The summed E-state index contributed by atoms with van der Waals surface area (Å²) in [5, 5.41) is 6.70. The van der Waals surface area contributed by atoms with E-state index in [1.54, 1.807) is 18.2 Å². The van der Waals surface area contributed by atoms with Crippen LogP contribution in [-0.2, 0) is 21.2 Å². The van der Waals surface area contributed by atoms with E-state index < -0.39 is 10.0 Å². The molecule has 0 bridgehead atoms. The first-order valence-electron chi connectivity index (χ1n) is 10.5. The number of sulfonamides is 1. The van der Waals surface area contributed by atoms with Crippen LogP contribution in [0, 0.1) is 5.82 Å². The highest BCUT2D eigenvalue weighted by Gasteiger charge is 2.29.